The van der Waals surface area contributed by atoms with E-state index < -0.39 is 11.6 Å². The lowest BCUT2D eigenvalue weighted by atomic mass is 10.1. The Balaban J connectivity index is 3.18. The molecule has 0 heterocycles. The molecule has 5 heteroatoms. The molecule has 1 rings (SSSR count). The molecule has 36 heavy (non-hydrogen) atoms. The maximum absolute atomic E-state index is 12.5. The lowest BCUT2D eigenvalue weighted by Gasteiger charge is -2.19. The Labute approximate surface area is 220 Å². The van der Waals surface area contributed by atoms with E-state index in [1.165, 1.54) is 44.6 Å². The van der Waals surface area contributed by atoms with Gasteiger partial charge >= 0.3 is 5.97 Å². The van der Waals surface area contributed by atoms with Crippen LogP contribution in [-0.4, -0.2) is 31.4 Å². The van der Waals surface area contributed by atoms with Crippen molar-refractivity contribution in [2.24, 2.45) is 0 Å². The molecular formula is C31H52O5. The molecule has 206 valence electrons. The summed E-state index contributed by atoms with van der Waals surface area (Å²) in [6.45, 7) is 14.1. The van der Waals surface area contributed by atoms with Crippen LogP contribution in [0.15, 0.2) is 18.2 Å². The molecule has 0 aromatic heterocycles. The molecule has 0 saturated heterocycles. The Kier molecular flexibility index (Phi) is 16.8. The minimum atomic E-state index is -0.553. The lowest BCUT2D eigenvalue weighted by molar-refractivity contribution is -0.148. The van der Waals surface area contributed by atoms with Gasteiger partial charge in [-0.05, 0) is 58.2 Å². The third kappa shape index (κ3) is 14.4. The van der Waals surface area contributed by atoms with Gasteiger partial charge < -0.3 is 18.9 Å². The largest absolute Gasteiger partial charge is 0.493 e. The van der Waals surface area contributed by atoms with Crippen molar-refractivity contribution in [2.45, 2.75) is 124 Å². The molecule has 0 aliphatic heterocycles. The number of hydrogen-bond donors (Lipinski definition) is 0. The number of ether oxygens (including phenoxy) is 4. The maximum Gasteiger partial charge on any atom is 0.331 e. The fraction of sp³-hybridized carbons (Fsp3) is 0.710. The molecule has 1 aromatic carbocycles. The van der Waals surface area contributed by atoms with Crippen molar-refractivity contribution in [3.63, 3.8) is 0 Å². The first-order chi connectivity index (χ1) is 17.3. The third-order valence-corrected chi connectivity index (χ3v) is 5.67. The first-order valence-corrected chi connectivity index (χ1v) is 14.3. The van der Waals surface area contributed by atoms with E-state index in [-0.39, 0.29) is 0 Å². The van der Waals surface area contributed by atoms with Gasteiger partial charge in [0.1, 0.15) is 11.4 Å². The van der Waals surface area contributed by atoms with Crippen molar-refractivity contribution in [1.29, 1.82) is 0 Å². The second kappa shape index (κ2) is 19.0. The summed E-state index contributed by atoms with van der Waals surface area (Å²) in [6.07, 6.45) is 16.7. The van der Waals surface area contributed by atoms with E-state index in [9.17, 15) is 4.79 Å². The van der Waals surface area contributed by atoms with Crippen LogP contribution in [0.4, 0.5) is 0 Å². The SMILES string of the molecule is CCCCCCOc1ccc(OCCCCCC)c(OCCCCCC)c1C=CC(=O)OC(C)(C)C. The first-order valence-electron chi connectivity index (χ1n) is 14.3. The average Bonchev–Trinajstić information content (AvgIpc) is 2.82. The van der Waals surface area contributed by atoms with Crippen molar-refractivity contribution >= 4 is 12.0 Å². The molecule has 1 aromatic rings. The summed E-state index contributed by atoms with van der Waals surface area (Å²) in [6, 6.07) is 3.87. The standard InChI is InChI=1S/C31H52O5/c1-7-10-13-16-23-33-27-20-21-28(34-24-17-14-11-8-2)30(35-25-18-15-12-9-3)26(27)19-22-29(32)36-31(4,5)6/h19-22H,7-18,23-25H2,1-6H3. The summed E-state index contributed by atoms with van der Waals surface area (Å²) in [7, 11) is 0. The van der Waals surface area contributed by atoms with E-state index in [2.05, 4.69) is 20.8 Å². The van der Waals surface area contributed by atoms with E-state index in [4.69, 9.17) is 18.9 Å². The third-order valence-electron chi connectivity index (χ3n) is 5.67. The van der Waals surface area contributed by atoms with Gasteiger partial charge in [-0.15, -0.1) is 0 Å². The predicted octanol–water partition coefficient (Wildman–Crippen LogP) is 8.92. The van der Waals surface area contributed by atoms with Crippen LogP contribution in [0.3, 0.4) is 0 Å². The number of carbonyl (C=O) groups is 1. The molecular weight excluding hydrogens is 452 g/mol. The predicted molar refractivity (Wildman–Crippen MR) is 150 cm³/mol. The number of carbonyl (C=O) groups excluding carboxylic acids is 1. The molecule has 0 fully saturated rings. The van der Waals surface area contributed by atoms with Crippen LogP contribution in [-0.2, 0) is 9.53 Å². The Morgan fingerprint density at radius 3 is 1.67 bits per heavy atom. The van der Waals surface area contributed by atoms with E-state index >= 15 is 0 Å². The normalized spacial score (nSPS) is 11.6. The van der Waals surface area contributed by atoms with Gasteiger partial charge in [-0.25, -0.2) is 4.79 Å². The monoisotopic (exact) mass is 504 g/mol. The zero-order valence-corrected chi connectivity index (χ0v) is 24.0. The minimum Gasteiger partial charge on any atom is -0.493 e. The number of rotatable bonds is 20. The van der Waals surface area contributed by atoms with Crippen LogP contribution in [0.5, 0.6) is 17.2 Å². The van der Waals surface area contributed by atoms with Crippen LogP contribution in [0.1, 0.15) is 124 Å². The van der Waals surface area contributed by atoms with E-state index in [0.29, 0.717) is 37.1 Å². The van der Waals surface area contributed by atoms with Gasteiger partial charge in [-0.1, -0.05) is 78.6 Å². The zero-order valence-electron chi connectivity index (χ0n) is 24.0. The Bertz CT molecular complexity index is 748. The van der Waals surface area contributed by atoms with E-state index in [1.807, 2.05) is 32.9 Å². The summed E-state index contributed by atoms with van der Waals surface area (Å²) < 4.78 is 24.1. The van der Waals surface area contributed by atoms with Crippen molar-refractivity contribution < 1.29 is 23.7 Å². The second-order valence-electron chi connectivity index (χ2n) is 10.4. The molecule has 0 spiro atoms. The topological polar surface area (TPSA) is 54.0 Å². The summed E-state index contributed by atoms with van der Waals surface area (Å²) in [4.78, 5) is 12.5. The highest BCUT2D eigenvalue weighted by molar-refractivity contribution is 5.89. The highest BCUT2D eigenvalue weighted by Crippen LogP contribution is 2.39. The molecule has 0 N–H and O–H groups in total. The number of esters is 1. The number of unbranched alkanes of at least 4 members (excludes halogenated alkanes) is 9. The Morgan fingerprint density at radius 2 is 1.17 bits per heavy atom. The van der Waals surface area contributed by atoms with Gasteiger partial charge in [0.25, 0.3) is 0 Å². The summed E-state index contributed by atoms with van der Waals surface area (Å²) in [5, 5.41) is 0. The van der Waals surface area contributed by atoms with Gasteiger partial charge in [0, 0.05) is 6.08 Å². The van der Waals surface area contributed by atoms with Crippen molar-refractivity contribution in [1.82, 2.24) is 0 Å². The van der Waals surface area contributed by atoms with E-state index in [1.54, 1.807) is 6.08 Å². The molecule has 0 unspecified atom stereocenters. The number of benzene rings is 1. The second-order valence-corrected chi connectivity index (χ2v) is 10.4. The summed E-state index contributed by atoms with van der Waals surface area (Å²) >= 11 is 0. The molecule has 0 atom stereocenters. The molecule has 0 aliphatic rings. The smallest absolute Gasteiger partial charge is 0.331 e. The van der Waals surface area contributed by atoms with Gasteiger partial charge in [0.15, 0.2) is 11.5 Å². The lowest BCUT2D eigenvalue weighted by Crippen LogP contribution is -2.22. The Hall–Kier alpha value is -2.17. The van der Waals surface area contributed by atoms with Crippen molar-refractivity contribution in [3.05, 3.63) is 23.8 Å². The molecule has 0 radical (unpaired) electrons. The van der Waals surface area contributed by atoms with E-state index in [0.717, 1.165) is 44.1 Å². The Morgan fingerprint density at radius 1 is 0.694 bits per heavy atom. The van der Waals surface area contributed by atoms with Gasteiger partial charge in [0.2, 0.25) is 0 Å². The summed E-state index contributed by atoms with van der Waals surface area (Å²) in [5.41, 5.74) is 0.181. The first kappa shape index (κ1) is 31.9. The quantitative estimate of drug-likeness (QED) is 0.101. The van der Waals surface area contributed by atoms with Crippen LogP contribution < -0.4 is 14.2 Å². The molecule has 0 aliphatic carbocycles. The van der Waals surface area contributed by atoms with Crippen molar-refractivity contribution in [3.8, 4) is 17.2 Å². The molecule has 0 amide bonds. The van der Waals surface area contributed by atoms with Crippen LogP contribution in [0.25, 0.3) is 6.08 Å². The molecule has 0 bridgehead atoms. The fourth-order valence-corrected chi connectivity index (χ4v) is 3.72. The molecule has 5 nitrogen and oxygen atoms in total. The van der Waals surface area contributed by atoms with Gasteiger partial charge in [-0.2, -0.15) is 0 Å². The average molecular weight is 505 g/mol. The van der Waals surface area contributed by atoms with Gasteiger partial charge in [-0.3, -0.25) is 0 Å². The zero-order chi connectivity index (χ0) is 26.7. The van der Waals surface area contributed by atoms with Crippen molar-refractivity contribution in [2.75, 3.05) is 19.8 Å². The van der Waals surface area contributed by atoms with Crippen LogP contribution in [0.2, 0.25) is 0 Å². The maximum atomic E-state index is 12.5. The minimum absolute atomic E-state index is 0.392. The summed E-state index contributed by atoms with van der Waals surface area (Å²) in [5.74, 6) is 1.65. The molecule has 0 saturated carbocycles. The highest BCUT2D eigenvalue weighted by atomic mass is 16.6. The van der Waals surface area contributed by atoms with Crippen LogP contribution in [0, 0.1) is 0 Å². The highest BCUT2D eigenvalue weighted by Gasteiger charge is 2.18. The van der Waals surface area contributed by atoms with Crippen LogP contribution >= 0.6 is 0 Å². The van der Waals surface area contributed by atoms with Gasteiger partial charge in [0.05, 0.1) is 25.4 Å². The fourth-order valence-electron chi connectivity index (χ4n) is 3.72. The number of hydrogen-bond acceptors (Lipinski definition) is 5.